The summed E-state index contributed by atoms with van der Waals surface area (Å²) >= 11 is 0. The molecule has 3 N–H and O–H groups in total. The first kappa shape index (κ1) is 11.2. The third-order valence-corrected chi connectivity index (χ3v) is 2.79. The Labute approximate surface area is 108 Å². The highest BCUT2D eigenvalue weighted by atomic mass is 16.5. The highest BCUT2D eigenvalue weighted by molar-refractivity contribution is 5.80. The van der Waals surface area contributed by atoms with Crippen LogP contribution in [0.5, 0.6) is 0 Å². The van der Waals surface area contributed by atoms with Crippen LogP contribution in [0.4, 0.5) is 5.82 Å². The van der Waals surface area contributed by atoms with Gasteiger partial charge in [0, 0.05) is 6.20 Å². The van der Waals surface area contributed by atoms with Crippen molar-refractivity contribution in [2.24, 2.45) is 0 Å². The van der Waals surface area contributed by atoms with Crippen LogP contribution in [0, 0.1) is 0 Å². The molecule has 19 heavy (non-hydrogen) atoms. The fraction of sp³-hybridized carbons (Fsp3) is 0. The van der Waals surface area contributed by atoms with E-state index in [2.05, 4.69) is 21.5 Å². The summed E-state index contributed by atoms with van der Waals surface area (Å²) in [6.45, 7) is 3.64. The number of anilines is 1. The summed E-state index contributed by atoms with van der Waals surface area (Å²) in [5, 5.41) is 10.2. The largest absolute Gasteiger partial charge is 0.425 e. The van der Waals surface area contributed by atoms with Crippen molar-refractivity contribution in [1.29, 1.82) is 0 Å². The smallest absolute Gasteiger partial charge is 0.197 e. The van der Waals surface area contributed by atoms with Crippen LogP contribution in [-0.4, -0.2) is 24.9 Å². The van der Waals surface area contributed by atoms with E-state index in [1.165, 1.54) is 0 Å². The molecule has 3 rings (SSSR count). The van der Waals surface area contributed by atoms with Gasteiger partial charge in [0.25, 0.3) is 0 Å². The van der Waals surface area contributed by atoms with E-state index >= 15 is 0 Å². The first-order valence-corrected chi connectivity index (χ1v) is 5.63. The number of aromatic nitrogens is 4. The summed E-state index contributed by atoms with van der Waals surface area (Å²) < 4.78 is 0.912. The van der Waals surface area contributed by atoms with Crippen LogP contribution >= 0.6 is 0 Å². The molecular formula is C13H11N5O. The van der Waals surface area contributed by atoms with E-state index in [4.69, 9.17) is 5.73 Å². The van der Waals surface area contributed by atoms with Crippen molar-refractivity contribution < 1.29 is 5.21 Å². The molecule has 0 aromatic carbocycles. The minimum atomic E-state index is 0.303. The van der Waals surface area contributed by atoms with E-state index in [1.807, 2.05) is 0 Å². The van der Waals surface area contributed by atoms with Crippen molar-refractivity contribution in [3.8, 4) is 11.4 Å². The molecule has 0 radical (unpaired) electrons. The summed E-state index contributed by atoms with van der Waals surface area (Å²) in [7, 11) is 0. The quantitative estimate of drug-likeness (QED) is 0.681. The Morgan fingerprint density at radius 3 is 2.84 bits per heavy atom. The summed E-state index contributed by atoms with van der Waals surface area (Å²) in [4.78, 5) is 12.5. The Morgan fingerprint density at radius 2 is 2.11 bits per heavy atom. The first-order valence-electron chi connectivity index (χ1n) is 5.63. The molecular weight excluding hydrogens is 242 g/mol. The van der Waals surface area contributed by atoms with Crippen LogP contribution in [0.1, 0.15) is 5.69 Å². The molecule has 0 aliphatic heterocycles. The van der Waals surface area contributed by atoms with Gasteiger partial charge in [0.15, 0.2) is 11.5 Å². The van der Waals surface area contributed by atoms with Crippen molar-refractivity contribution in [2.75, 3.05) is 5.73 Å². The molecule has 0 atom stereocenters. The zero-order valence-corrected chi connectivity index (χ0v) is 9.98. The van der Waals surface area contributed by atoms with E-state index in [-0.39, 0.29) is 0 Å². The number of nitrogens with zero attached hydrogens (tertiary/aromatic N) is 4. The Morgan fingerprint density at radius 1 is 1.26 bits per heavy atom. The molecule has 0 fully saturated rings. The minimum absolute atomic E-state index is 0.303. The van der Waals surface area contributed by atoms with Crippen LogP contribution in [0.25, 0.3) is 28.6 Å². The summed E-state index contributed by atoms with van der Waals surface area (Å²) in [5.41, 5.74) is 7.94. The molecule has 3 aromatic rings. The monoisotopic (exact) mass is 253 g/mol. The number of pyridine rings is 2. The number of rotatable bonds is 2. The topological polar surface area (TPSA) is 89.8 Å². The Hall–Kier alpha value is -2.89. The van der Waals surface area contributed by atoms with Crippen LogP contribution < -0.4 is 5.73 Å². The lowest BCUT2D eigenvalue weighted by molar-refractivity contribution is 0.201. The van der Waals surface area contributed by atoms with Gasteiger partial charge < -0.3 is 10.9 Å². The Kier molecular flexibility index (Phi) is 2.42. The molecule has 0 saturated carbocycles. The molecule has 0 amide bonds. The van der Waals surface area contributed by atoms with Gasteiger partial charge in [-0.05, 0) is 30.3 Å². The van der Waals surface area contributed by atoms with Crippen molar-refractivity contribution in [3.63, 3.8) is 0 Å². The number of imidazole rings is 1. The summed E-state index contributed by atoms with van der Waals surface area (Å²) in [6, 6.07) is 7.01. The van der Waals surface area contributed by atoms with E-state index in [0.717, 1.165) is 4.73 Å². The first-order chi connectivity index (χ1) is 9.20. The third-order valence-electron chi connectivity index (χ3n) is 2.79. The minimum Gasteiger partial charge on any atom is -0.425 e. The molecule has 0 aliphatic carbocycles. The lowest BCUT2D eigenvalue weighted by Crippen LogP contribution is -2.00. The number of nitrogen functional groups attached to an aromatic ring is 1. The number of hydrogen-bond donors (Lipinski definition) is 2. The second-order valence-electron chi connectivity index (χ2n) is 3.97. The second-order valence-corrected chi connectivity index (χ2v) is 3.97. The zero-order chi connectivity index (χ0) is 13.4. The molecule has 0 bridgehead atoms. The molecule has 3 aromatic heterocycles. The molecule has 0 aliphatic rings. The van der Waals surface area contributed by atoms with Gasteiger partial charge in [-0.2, -0.15) is 0 Å². The fourth-order valence-electron chi connectivity index (χ4n) is 1.86. The fourth-order valence-corrected chi connectivity index (χ4v) is 1.86. The average molecular weight is 253 g/mol. The van der Waals surface area contributed by atoms with E-state index in [1.54, 1.807) is 36.5 Å². The maximum Gasteiger partial charge on any atom is 0.197 e. The second kappa shape index (κ2) is 4.09. The van der Waals surface area contributed by atoms with Gasteiger partial charge in [0.1, 0.15) is 11.3 Å². The van der Waals surface area contributed by atoms with Gasteiger partial charge in [-0.25, -0.2) is 15.0 Å². The summed E-state index contributed by atoms with van der Waals surface area (Å²) in [6.07, 6.45) is 3.18. The summed E-state index contributed by atoms with van der Waals surface area (Å²) in [5.74, 6) is 0.617. The predicted molar refractivity (Wildman–Crippen MR) is 72.4 cm³/mol. The maximum atomic E-state index is 10.2. The Balaban J connectivity index is 2.29. The lowest BCUT2D eigenvalue weighted by Gasteiger charge is -2.02. The molecule has 0 saturated heterocycles. The molecule has 0 unspecified atom stereocenters. The standard InChI is InChI=1S/C13H11N5O/c1-2-8-5-6-10-13(16-8)18(19)12(17-10)9-4-3-7-15-11(9)14/h2-7,19H,1H2,(H2,14,15). The number of fused-ring (bicyclic) bond motifs is 1. The van der Waals surface area contributed by atoms with Crippen molar-refractivity contribution in [3.05, 3.63) is 42.7 Å². The average Bonchev–Trinajstić information content (AvgIpc) is 2.76. The van der Waals surface area contributed by atoms with Crippen molar-refractivity contribution in [2.45, 2.75) is 0 Å². The maximum absolute atomic E-state index is 10.2. The van der Waals surface area contributed by atoms with Gasteiger partial charge in [0.05, 0.1) is 11.3 Å². The van der Waals surface area contributed by atoms with E-state index < -0.39 is 0 Å². The number of hydrogen-bond acceptors (Lipinski definition) is 5. The highest BCUT2D eigenvalue weighted by Gasteiger charge is 2.15. The van der Waals surface area contributed by atoms with Crippen molar-refractivity contribution >= 4 is 23.1 Å². The normalized spacial score (nSPS) is 10.7. The van der Waals surface area contributed by atoms with Gasteiger partial charge in [-0.15, -0.1) is 4.73 Å². The van der Waals surface area contributed by atoms with Gasteiger partial charge in [-0.1, -0.05) is 6.58 Å². The van der Waals surface area contributed by atoms with E-state index in [0.29, 0.717) is 34.1 Å². The lowest BCUT2D eigenvalue weighted by atomic mass is 10.2. The predicted octanol–water partition coefficient (Wildman–Crippen LogP) is 1.96. The molecule has 6 heteroatoms. The highest BCUT2D eigenvalue weighted by Crippen LogP contribution is 2.25. The third kappa shape index (κ3) is 1.70. The van der Waals surface area contributed by atoms with Gasteiger partial charge in [0.2, 0.25) is 0 Å². The molecule has 6 nitrogen and oxygen atoms in total. The van der Waals surface area contributed by atoms with Crippen LogP contribution in [0.3, 0.4) is 0 Å². The van der Waals surface area contributed by atoms with Crippen LogP contribution in [-0.2, 0) is 0 Å². The Bertz CT molecular complexity index is 778. The van der Waals surface area contributed by atoms with Crippen molar-refractivity contribution in [1.82, 2.24) is 19.7 Å². The van der Waals surface area contributed by atoms with Crippen LogP contribution in [0.15, 0.2) is 37.0 Å². The molecule has 3 heterocycles. The van der Waals surface area contributed by atoms with Gasteiger partial charge >= 0.3 is 0 Å². The van der Waals surface area contributed by atoms with Gasteiger partial charge in [-0.3, -0.25) is 0 Å². The number of nitrogens with two attached hydrogens (primary N) is 1. The van der Waals surface area contributed by atoms with E-state index in [9.17, 15) is 5.21 Å². The van der Waals surface area contributed by atoms with Crippen LogP contribution in [0.2, 0.25) is 0 Å². The zero-order valence-electron chi connectivity index (χ0n) is 9.98. The molecule has 0 spiro atoms. The molecule has 94 valence electrons. The SMILES string of the molecule is C=Cc1ccc2nc(-c3cccnc3N)n(O)c2n1.